The second-order valence-electron chi connectivity index (χ2n) is 5.17. The molecule has 3 rings (SSSR count). The summed E-state index contributed by atoms with van der Waals surface area (Å²) in [6, 6.07) is 4.23. The predicted octanol–water partition coefficient (Wildman–Crippen LogP) is 1.25. The maximum Gasteiger partial charge on any atom is 0.249 e. The van der Waals surface area contributed by atoms with Crippen LogP contribution in [0.25, 0.3) is 0 Å². The third kappa shape index (κ3) is 2.45. The van der Waals surface area contributed by atoms with E-state index in [9.17, 15) is 14.0 Å². The summed E-state index contributed by atoms with van der Waals surface area (Å²) >= 11 is 0. The SMILES string of the molecule is O=C1CC(Nc2ccc(N3CCCC3)c(F)c2)C(=O)N1. The molecular formula is C14H16FN3O2. The molecule has 1 unspecified atom stereocenters. The van der Waals surface area contributed by atoms with Gasteiger partial charge in [0, 0.05) is 18.8 Å². The number of rotatable bonds is 3. The highest BCUT2D eigenvalue weighted by molar-refractivity contribution is 6.06. The van der Waals surface area contributed by atoms with Gasteiger partial charge in [-0.3, -0.25) is 14.9 Å². The molecule has 1 aromatic carbocycles. The van der Waals surface area contributed by atoms with E-state index in [1.165, 1.54) is 6.07 Å². The van der Waals surface area contributed by atoms with Crippen molar-refractivity contribution in [3.05, 3.63) is 24.0 Å². The maximum absolute atomic E-state index is 14.1. The highest BCUT2D eigenvalue weighted by Crippen LogP contribution is 2.26. The van der Waals surface area contributed by atoms with Gasteiger partial charge in [0.2, 0.25) is 11.8 Å². The Morgan fingerprint density at radius 1 is 1.25 bits per heavy atom. The van der Waals surface area contributed by atoms with Crippen LogP contribution in [-0.2, 0) is 9.59 Å². The van der Waals surface area contributed by atoms with Gasteiger partial charge in [0.15, 0.2) is 0 Å². The molecule has 0 aromatic heterocycles. The summed E-state index contributed by atoms with van der Waals surface area (Å²) in [4.78, 5) is 24.6. The summed E-state index contributed by atoms with van der Waals surface area (Å²) in [6.07, 6.45) is 2.27. The average Bonchev–Trinajstić information content (AvgIpc) is 3.00. The predicted molar refractivity (Wildman–Crippen MR) is 73.0 cm³/mol. The molecular weight excluding hydrogens is 261 g/mol. The van der Waals surface area contributed by atoms with Gasteiger partial charge >= 0.3 is 0 Å². The van der Waals surface area contributed by atoms with E-state index in [2.05, 4.69) is 10.6 Å². The molecule has 2 aliphatic heterocycles. The van der Waals surface area contributed by atoms with Crippen molar-refractivity contribution < 1.29 is 14.0 Å². The maximum atomic E-state index is 14.1. The molecule has 2 fully saturated rings. The third-order valence-corrected chi connectivity index (χ3v) is 3.70. The second-order valence-corrected chi connectivity index (χ2v) is 5.17. The number of carbonyl (C=O) groups is 2. The Bertz CT molecular complexity index is 555. The van der Waals surface area contributed by atoms with E-state index in [4.69, 9.17) is 0 Å². The van der Waals surface area contributed by atoms with Crippen LogP contribution in [0.3, 0.4) is 0 Å². The van der Waals surface area contributed by atoms with Gasteiger partial charge in [-0.2, -0.15) is 0 Å². The fraction of sp³-hybridized carbons (Fsp3) is 0.429. The van der Waals surface area contributed by atoms with Crippen LogP contribution in [0.4, 0.5) is 15.8 Å². The topological polar surface area (TPSA) is 61.4 Å². The molecule has 106 valence electrons. The molecule has 20 heavy (non-hydrogen) atoms. The van der Waals surface area contributed by atoms with Gasteiger partial charge < -0.3 is 10.2 Å². The molecule has 2 N–H and O–H groups in total. The standard InChI is InChI=1S/C14H16FN3O2/c15-10-7-9(16-11-8-13(19)17-14(11)20)3-4-12(10)18-5-1-2-6-18/h3-4,7,11,16H,1-2,5-6,8H2,(H,17,19,20). The third-order valence-electron chi connectivity index (χ3n) is 3.70. The van der Waals surface area contributed by atoms with Crippen molar-refractivity contribution >= 4 is 23.2 Å². The molecule has 2 amide bonds. The van der Waals surface area contributed by atoms with E-state index in [0.717, 1.165) is 25.9 Å². The zero-order valence-corrected chi connectivity index (χ0v) is 11.0. The summed E-state index contributed by atoms with van der Waals surface area (Å²) in [7, 11) is 0. The first-order chi connectivity index (χ1) is 9.63. The minimum absolute atomic E-state index is 0.0916. The van der Waals surface area contributed by atoms with Crippen LogP contribution < -0.4 is 15.5 Å². The van der Waals surface area contributed by atoms with E-state index in [1.807, 2.05) is 4.90 Å². The summed E-state index contributed by atoms with van der Waals surface area (Å²) in [5, 5.41) is 5.10. The molecule has 5 nitrogen and oxygen atoms in total. The fourth-order valence-electron chi connectivity index (χ4n) is 2.68. The summed E-state index contributed by atoms with van der Waals surface area (Å²) in [5.74, 6) is -0.970. The molecule has 1 aromatic rings. The quantitative estimate of drug-likeness (QED) is 0.816. The lowest BCUT2D eigenvalue weighted by Gasteiger charge is -2.19. The number of amides is 2. The van der Waals surface area contributed by atoms with Crippen molar-refractivity contribution in [1.29, 1.82) is 0 Å². The number of anilines is 2. The lowest BCUT2D eigenvalue weighted by Crippen LogP contribution is -2.30. The largest absolute Gasteiger partial charge is 0.373 e. The Labute approximate surface area is 116 Å². The number of halogens is 1. The van der Waals surface area contributed by atoms with Crippen molar-refractivity contribution in [2.45, 2.75) is 25.3 Å². The summed E-state index contributed by atoms with van der Waals surface area (Å²) < 4.78 is 14.1. The number of hydrogen-bond acceptors (Lipinski definition) is 4. The van der Waals surface area contributed by atoms with Crippen LogP contribution in [0.5, 0.6) is 0 Å². The monoisotopic (exact) mass is 277 g/mol. The van der Waals surface area contributed by atoms with Gasteiger partial charge in [0.1, 0.15) is 11.9 Å². The molecule has 6 heteroatoms. The number of imide groups is 1. The van der Waals surface area contributed by atoms with E-state index >= 15 is 0 Å². The molecule has 0 radical (unpaired) electrons. The van der Waals surface area contributed by atoms with E-state index in [0.29, 0.717) is 11.4 Å². The van der Waals surface area contributed by atoms with Crippen LogP contribution in [0.2, 0.25) is 0 Å². The van der Waals surface area contributed by atoms with Crippen LogP contribution in [0, 0.1) is 5.82 Å². The van der Waals surface area contributed by atoms with Crippen molar-refractivity contribution in [3.8, 4) is 0 Å². The van der Waals surface area contributed by atoms with Crippen molar-refractivity contribution in [2.24, 2.45) is 0 Å². The normalized spacial score (nSPS) is 22.2. The van der Waals surface area contributed by atoms with Crippen LogP contribution in [-0.4, -0.2) is 30.9 Å². The molecule has 0 spiro atoms. The number of nitrogens with one attached hydrogen (secondary N) is 2. The number of benzene rings is 1. The van der Waals surface area contributed by atoms with Crippen molar-refractivity contribution in [3.63, 3.8) is 0 Å². The molecule has 0 saturated carbocycles. The van der Waals surface area contributed by atoms with E-state index in [-0.39, 0.29) is 24.1 Å². The van der Waals surface area contributed by atoms with E-state index in [1.54, 1.807) is 12.1 Å². The number of nitrogens with zero attached hydrogens (tertiary/aromatic N) is 1. The van der Waals surface area contributed by atoms with Gasteiger partial charge in [0.05, 0.1) is 12.1 Å². The van der Waals surface area contributed by atoms with Crippen molar-refractivity contribution in [1.82, 2.24) is 5.32 Å². The molecule has 1 atom stereocenters. The van der Waals surface area contributed by atoms with E-state index < -0.39 is 6.04 Å². The minimum Gasteiger partial charge on any atom is -0.373 e. The average molecular weight is 277 g/mol. The van der Waals surface area contributed by atoms with Crippen LogP contribution in [0.1, 0.15) is 19.3 Å². The zero-order valence-electron chi connectivity index (χ0n) is 11.0. The lowest BCUT2D eigenvalue weighted by atomic mass is 10.2. The molecule has 0 aliphatic carbocycles. The Balaban J connectivity index is 1.73. The van der Waals surface area contributed by atoms with Gasteiger partial charge in [-0.25, -0.2) is 4.39 Å². The second kappa shape index (κ2) is 5.11. The molecule has 0 bridgehead atoms. The van der Waals surface area contributed by atoms with Gasteiger partial charge in [-0.05, 0) is 31.0 Å². The molecule has 2 heterocycles. The lowest BCUT2D eigenvalue weighted by molar-refractivity contribution is -0.124. The number of carbonyl (C=O) groups excluding carboxylic acids is 2. The Morgan fingerprint density at radius 2 is 2.00 bits per heavy atom. The fourth-order valence-corrected chi connectivity index (χ4v) is 2.68. The first-order valence-electron chi connectivity index (χ1n) is 6.78. The number of hydrogen-bond donors (Lipinski definition) is 2. The van der Waals surface area contributed by atoms with Gasteiger partial charge in [-0.15, -0.1) is 0 Å². The molecule has 2 saturated heterocycles. The summed E-state index contributed by atoms with van der Waals surface area (Å²) in [5.41, 5.74) is 1.11. The first-order valence-corrected chi connectivity index (χ1v) is 6.78. The Morgan fingerprint density at radius 3 is 2.60 bits per heavy atom. The highest BCUT2D eigenvalue weighted by Gasteiger charge is 2.30. The smallest absolute Gasteiger partial charge is 0.249 e. The minimum atomic E-state index is -0.612. The first kappa shape index (κ1) is 12.9. The Hall–Kier alpha value is -2.11. The highest BCUT2D eigenvalue weighted by atomic mass is 19.1. The van der Waals surface area contributed by atoms with Gasteiger partial charge in [0.25, 0.3) is 0 Å². The molecule has 2 aliphatic rings. The zero-order chi connectivity index (χ0) is 14.1. The van der Waals surface area contributed by atoms with Crippen LogP contribution >= 0.6 is 0 Å². The van der Waals surface area contributed by atoms with Crippen LogP contribution in [0.15, 0.2) is 18.2 Å². The van der Waals surface area contributed by atoms with Gasteiger partial charge in [-0.1, -0.05) is 0 Å². The Kier molecular flexibility index (Phi) is 3.30. The summed E-state index contributed by atoms with van der Waals surface area (Å²) in [6.45, 7) is 1.76. The van der Waals surface area contributed by atoms with Crippen molar-refractivity contribution in [2.75, 3.05) is 23.3 Å².